The lowest BCUT2D eigenvalue weighted by Crippen LogP contribution is -2.67. The number of carbonyl (C=O) groups is 3. The van der Waals surface area contributed by atoms with Crippen molar-refractivity contribution in [2.75, 3.05) is 26.1 Å². The summed E-state index contributed by atoms with van der Waals surface area (Å²) in [7, 11) is 1.54. The van der Waals surface area contributed by atoms with Crippen LogP contribution in [0.3, 0.4) is 0 Å². The Morgan fingerprint density at radius 3 is 1.97 bits per heavy atom. The largest absolute Gasteiger partial charge is 0.497 e. The van der Waals surface area contributed by atoms with Crippen LogP contribution >= 0.6 is 11.6 Å². The molecular formula is C69H93ClN4O23. The number of esters is 1. The van der Waals surface area contributed by atoms with Crippen molar-refractivity contribution in [3.05, 3.63) is 98.7 Å². The van der Waals surface area contributed by atoms with Gasteiger partial charge in [-0.05, 0) is 168 Å². The number of hydrogen-bond acceptors (Lipinski definition) is 24. The van der Waals surface area contributed by atoms with E-state index in [1.165, 1.54) is 16.8 Å². The molecule has 12 N–H and O–H groups in total. The summed E-state index contributed by atoms with van der Waals surface area (Å²) in [5, 5.41) is 105. The smallest absolute Gasteiger partial charge is 0.351 e. The second-order valence-electron chi connectivity index (χ2n) is 28.3. The highest BCUT2D eigenvalue weighted by Gasteiger charge is 2.71. The first kappa shape index (κ1) is 72.7. The van der Waals surface area contributed by atoms with Crippen molar-refractivity contribution < 1.29 is 108 Å². The van der Waals surface area contributed by atoms with Gasteiger partial charge in [-0.15, -0.1) is 0 Å². The molecule has 0 unspecified atom stereocenters. The van der Waals surface area contributed by atoms with Crippen LogP contribution in [0.15, 0.2) is 71.2 Å². The van der Waals surface area contributed by atoms with Crippen LogP contribution in [0, 0.1) is 41.4 Å². The van der Waals surface area contributed by atoms with Gasteiger partial charge in [0.1, 0.15) is 54.8 Å². The van der Waals surface area contributed by atoms with E-state index in [9.17, 15) is 65.1 Å². The van der Waals surface area contributed by atoms with Gasteiger partial charge in [0.2, 0.25) is 0 Å². The van der Waals surface area contributed by atoms with Crippen molar-refractivity contribution in [3.8, 4) is 5.75 Å². The predicted octanol–water partition coefficient (Wildman–Crippen LogP) is 3.58. The highest BCUT2D eigenvalue weighted by Crippen LogP contribution is 2.70. The third kappa shape index (κ3) is 14.2. The first-order valence-corrected chi connectivity index (χ1v) is 34.0. The Balaban J connectivity index is 0.000000185. The third-order valence-corrected chi connectivity index (χ3v) is 23.0. The molecule has 4 aromatic rings. The third-order valence-electron chi connectivity index (χ3n) is 22.8. The number of aliphatic carboxylic acids is 1. The molecule has 5 aliphatic heterocycles. The Hall–Kier alpha value is -5.54. The number of ether oxygens (including phenoxy) is 9. The molecular weight excluding hydrogens is 1290 g/mol. The van der Waals surface area contributed by atoms with Crippen LogP contribution in [0.4, 0.5) is 5.82 Å². The number of cyclic esters (lactones) is 1. The molecule has 8 fully saturated rings. The van der Waals surface area contributed by atoms with Crippen LogP contribution in [0.2, 0.25) is 5.02 Å². The fourth-order valence-electron chi connectivity index (χ4n) is 17.4. The number of carboxylic acid groups (broad SMARTS) is 1. The molecule has 0 radical (unpaired) electrons. The number of anilines is 1. The van der Waals surface area contributed by atoms with Gasteiger partial charge >= 0.3 is 17.6 Å². The number of nitrogen functional groups attached to an aromatic ring is 1. The standard InChI is InChI=1S/C41H64O14.C19H16ClNO4.C9H13N3O5/c1-19-36(47)28(42)15-34(50-19)54-38-21(3)52-35(17-30(38)44)55-37-20(2)51-33(16-29(37)43)53-24-8-10-39(4)23(13-24)6-7-26-27(39)14-31(45)40(5)25(9-11-41(26,40)48)22-12-32(46)49-18-22;1-11-15(10-18(22)23)16-9-14(25-2)7-8-17(16)21(11)19(24)12-3-5-13(20)6-4-12;10-5-1-2-12(9(16)11-5)8-7(15)6(14)4(3-13)17-8/h12,19-21,23-31,33-38,42-45,47-48H,6-11,13-18H2,1-5H3;3-9H,10H2,1-2H3,(H,22,23);1-2,4,6-8,13-15H,3H2,(H2,10,11,16)/t19-,20-,21-,23-,24+,25-,26-,27+,28+,29+,30+,31-,33+,34+,35+,36-,37-,38-,39+,40+,41+;;4-,6-,7+,8-/m1.1/s1. The number of aliphatic hydroxyl groups is 9. The fraction of sp³-hybridized carbons (Fsp3) is 0.667. The average Bonchev–Trinajstić information content (AvgIpc) is 1.62. The second-order valence-corrected chi connectivity index (χ2v) is 28.7. The molecule has 27 nitrogen and oxygen atoms in total. The lowest BCUT2D eigenvalue weighted by molar-refractivity contribution is -0.336. The summed E-state index contributed by atoms with van der Waals surface area (Å²) in [5.74, 6) is -0.325. The number of benzene rings is 2. The summed E-state index contributed by atoms with van der Waals surface area (Å²) in [6, 6.07) is 13.2. The van der Waals surface area contributed by atoms with Crippen molar-refractivity contribution in [3.63, 3.8) is 0 Å². The maximum absolute atomic E-state index is 13.0. The van der Waals surface area contributed by atoms with Gasteiger partial charge in [0.15, 0.2) is 25.1 Å². The van der Waals surface area contributed by atoms with Gasteiger partial charge in [-0.1, -0.05) is 25.4 Å². The molecule has 0 spiro atoms. The molecule has 4 saturated heterocycles. The number of carboxylic acids is 1. The molecule has 13 rings (SSSR count). The monoisotopic (exact) mass is 1380 g/mol. The van der Waals surface area contributed by atoms with Crippen molar-refractivity contribution in [2.45, 2.75) is 235 Å². The van der Waals surface area contributed by atoms with E-state index >= 15 is 0 Å². The fourth-order valence-corrected chi connectivity index (χ4v) is 17.6. The maximum Gasteiger partial charge on any atom is 0.351 e. The zero-order valence-corrected chi connectivity index (χ0v) is 56.2. The van der Waals surface area contributed by atoms with Gasteiger partial charge in [0.25, 0.3) is 5.91 Å². The van der Waals surface area contributed by atoms with Crippen molar-refractivity contribution in [1.82, 2.24) is 14.1 Å². The quantitative estimate of drug-likeness (QED) is 0.0673. The van der Waals surface area contributed by atoms with Gasteiger partial charge in [0.05, 0.1) is 80.1 Å². The topological polar surface area (TPSA) is 402 Å². The Bertz CT molecular complexity index is 3540. The van der Waals surface area contributed by atoms with Crippen molar-refractivity contribution >= 4 is 46.2 Å². The number of aliphatic hydroxyl groups excluding tert-OH is 8. The Morgan fingerprint density at radius 1 is 0.753 bits per heavy atom. The summed E-state index contributed by atoms with van der Waals surface area (Å²) in [4.78, 5) is 51.2. The molecule has 7 heterocycles. The zero-order chi connectivity index (χ0) is 69.9. The minimum Gasteiger partial charge on any atom is -0.497 e. The van der Waals surface area contributed by atoms with Gasteiger partial charge in [0, 0.05) is 58.6 Å². The van der Waals surface area contributed by atoms with Crippen LogP contribution in [-0.4, -0.2) is 213 Å². The minimum atomic E-state index is -1.31. The summed E-state index contributed by atoms with van der Waals surface area (Å²) < 4.78 is 55.0. The molecule has 97 heavy (non-hydrogen) atoms. The van der Waals surface area contributed by atoms with E-state index in [-0.39, 0.29) is 79.3 Å². The number of fused-ring (bicyclic) bond motifs is 6. The van der Waals surface area contributed by atoms with E-state index in [1.54, 1.807) is 76.4 Å². The summed E-state index contributed by atoms with van der Waals surface area (Å²) in [6.45, 7) is 11.2. The van der Waals surface area contributed by atoms with E-state index in [0.717, 1.165) is 48.7 Å². The van der Waals surface area contributed by atoms with Gasteiger partial charge < -0.3 is 99.4 Å². The van der Waals surface area contributed by atoms with E-state index in [4.69, 9.17) is 65.1 Å². The molecule has 0 amide bonds. The Kier molecular flexibility index (Phi) is 21.9. The number of methoxy groups -OCH3 is 1. The van der Waals surface area contributed by atoms with Crippen LogP contribution in [0.25, 0.3) is 10.9 Å². The molecule has 9 aliphatic rings. The number of hydrogen-bond donors (Lipinski definition) is 11. The summed E-state index contributed by atoms with van der Waals surface area (Å²) in [5.41, 5.74) is 6.06. The molecule has 2 aromatic carbocycles. The zero-order valence-electron chi connectivity index (χ0n) is 55.5. The molecule has 2 aromatic heterocycles. The van der Waals surface area contributed by atoms with Crippen LogP contribution in [-0.2, 0) is 53.9 Å². The Morgan fingerprint density at radius 2 is 1.39 bits per heavy atom. The van der Waals surface area contributed by atoms with E-state index in [2.05, 4.69) is 11.9 Å². The molecule has 0 bridgehead atoms. The van der Waals surface area contributed by atoms with Gasteiger partial charge in [-0.25, -0.2) is 9.59 Å². The molecule has 4 aliphatic carbocycles. The van der Waals surface area contributed by atoms with Crippen LogP contribution in [0.5, 0.6) is 5.75 Å². The molecule has 4 saturated carbocycles. The van der Waals surface area contributed by atoms with E-state index < -0.39 is 134 Å². The second kappa shape index (κ2) is 29.2. The first-order chi connectivity index (χ1) is 46.0. The maximum atomic E-state index is 13.0. The normalized spacial score (nSPS) is 40.1. The number of carbonyl (C=O) groups excluding carboxylic acids is 2. The lowest BCUT2D eigenvalue weighted by Gasteiger charge is -2.65. The van der Waals surface area contributed by atoms with Gasteiger partial charge in [-0.3, -0.25) is 18.7 Å². The molecule has 534 valence electrons. The predicted molar refractivity (Wildman–Crippen MR) is 344 cm³/mol. The number of nitrogens with zero attached hydrogens (tertiary/aromatic N) is 3. The summed E-state index contributed by atoms with van der Waals surface area (Å²) in [6.07, 6.45) is -4.95. The number of rotatable bonds is 13. The van der Waals surface area contributed by atoms with Gasteiger partial charge in [-0.2, -0.15) is 4.98 Å². The van der Waals surface area contributed by atoms with E-state index in [0.29, 0.717) is 57.3 Å². The Labute approximate surface area is 565 Å². The highest BCUT2D eigenvalue weighted by atomic mass is 35.5. The van der Waals surface area contributed by atoms with Crippen LogP contribution < -0.4 is 16.2 Å². The van der Waals surface area contributed by atoms with E-state index in [1.807, 2.05) is 13.8 Å². The number of halogens is 1. The van der Waals surface area contributed by atoms with Crippen molar-refractivity contribution in [1.29, 1.82) is 0 Å². The van der Waals surface area contributed by atoms with Crippen molar-refractivity contribution in [2.24, 2.45) is 34.5 Å². The number of nitrogens with two attached hydrogens (primary N) is 1. The minimum absolute atomic E-state index is 0.0452. The number of aromatic nitrogens is 3. The van der Waals surface area contributed by atoms with Crippen LogP contribution in [0.1, 0.15) is 133 Å². The first-order valence-electron chi connectivity index (χ1n) is 33.6. The SMILES string of the molecule is COc1ccc2c(c1)c(CC(=O)O)c(C)n2C(=O)c1ccc(Cl)cc1.C[C@H]1O[C@@H](O[C@H]2[C@@H](O)C[C@H](O[C@H]3[C@@H](O)C[C@H](O[C@H]4CC[C@@]5(C)[C@H](CC[C@@H]6[C@@H]5C[C@@H](O)[C@]5(C)[C@@H](C7=CC(=O)OC7)CC[C@]65O)C4)O[C@@H]3C)O[C@@H]2C)C[C@H](O)[C@@H]1O.Nc1ccn([C@@H]2O[C@H](CO)[C@@H](O)[C@@H]2O)c(=O)n1. The average molecular weight is 1380 g/mol. The lowest BCUT2D eigenvalue weighted by atomic mass is 9.42. The summed E-state index contributed by atoms with van der Waals surface area (Å²) >= 11 is 5.89. The highest BCUT2D eigenvalue weighted by molar-refractivity contribution is 6.30. The molecule has 28 heteroatoms. The molecule has 25 atom stereocenters.